The molecule has 0 heterocycles. The molecular formula is C17H26INO2. The lowest BCUT2D eigenvalue weighted by atomic mass is 10.1. The van der Waals surface area contributed by atoms with Crippen LogP contribution in [0, 0.1) is 3.57 Å². The second-order valence-electron chi connectivity index (χ2n) is 5.24. The number of unbranched alkanes of at least 4 members (excludes halogenated alkanes) is 7. The highest BCUT2D eigenvalue weighted by Gasteiger charge is 2.02. The Morgan fingerprint density at radius 1 is 1.00 bits per heavy atom. The van der Waals surface area contributed by atoms with Gasteiger partial charge in [-0.2, -0.15) is 0 Å². The summed E-state index contributed by atoms with van der Waals surface area (Å²) in [5.41, 5.74) is 0.774. The Morgan fingerprint density at radius 3 is 2.19 bits per heavy atom. The maximum Gasteiger partial charge on any atom is 0.411 e. The molecule has 0 bridgehead atoms. The third-order valence-electron chi connectivity index (χ3n) is 3.32. The van der Waals surface area contributed by atoms with E-state index in [9.17, 15) is 4.79 Å². The Morgan fingerprint density at radius 2 is 1.57 bits per heavy atom. The predicted octanol–water partition coefficient (Wildman–Crippen LogP) is 5.98. The predicted molar refractivity (Wildman–Crippen MR) is 96.7 cm³/mol. The van der Waals surface area contributed by atoms with Gasteiger partial charge in [0, 0.05) is 9.26 Å². The summed E-state index contributed by atoms with van der Waals surface area (Å²) < 4.78 is 6.31. The fourth-order valence-electron chi connectivity index (χ4n) is 2.09. The van der Waals surface area contributed by atoms with E-state index in [-0.39, 0.29) is 6.09 Å². The zero-order chi connectivity index (χ0) is 15.3. The molecule has 4 heteroatoms. The Bertz CT molecular complexity index is 392. The number of hydrogen-bond donors (Lipinski definition) is 1. The summed E-state index contributed by atoms with van der Waals surface area (Å²) in [6.45, 7) is 2.74. The Hall–Kier alpha value is -0.780. The second-order valence-corrected chi connectivity index (χ2v) is 6.49. The molecule has 3 nitrogen and oxygen atoms in total. The number of nitrogens with one attached hydrogen (secondary N) is 1. The van der Waals surface area contributed by atoms with Crippen LogP contribution in [0.4, 0.5) is 10.5 Å². The van der Waals surface area contributed by atoms with Gasteiger partial charge in [0.15, 0.2) is 0 Å². The summed E-state index contributed by atoms with van der Waals surface area (Å²) in [7, 11) is 0. The molecule has 0 unspecified atom stereocenters. The van der Waals surface area contributed by atoms with Gasteiger partial charge >= 0.3 is 6.09 Å². The molecule has 1 aromatic carbocycles. The summed E-state index contributed by atoms with van der Waals surface area (Å²) in [4.78, 5) is 11.6. The van der Waals surface area contributed by atoms with E-state index < -0.39 is 0 Å². The lowest BCUT2D eigenvalue weighted by molar-refractivity contribution is 0.159. The zero-order valence-electron chi connectivity index (χ0n) is 12.9. The molecule has 21 heavy (non-hydrogen) atoms. The van der Waals surface area contributed by atoms with Crippen LogP contribution in [0.1, 0.15) is 58.3 Å². The molecule has 0 spiro atoms. The molecule has 0 saturated carbocycles. The first-order chi connectivity index (χ1) is 10.2. The Labute approximate surface area is 142 Å². The van der Waals surface area contributed by atoms with Gasteiger partial charge in [-0.1, -0.05) is 51.9 Å². The van der Waals surface area contributed by atoms with Crippen LogP contribution in [-0.2, 0) is 4.74 Å². The van der Waals surface area contributed by atoms with E-state index in [0.717, 1.165) is 22.1 Å². The average molecular weight is 403 g/mol. The number of carbonyl (C=O) groups excluding carboxylic acids is 1. The van der Waals surface area contributed by atoms with Crippen molar-refractivity contribution < 1.29 is 9.53 Å². The van der Waals surface area contributed by atoms with Crippen LogP contribution >= 0.6 is 22.6 Å². The van der Waals surface area contributed by atoms with E-state index in [1.807, 2.05) is 24.3 Å². The molecule has 0 fully saturated rings. The van der Waals surface area contributed by atoms with Crippen molar-refractivity contribution in [3.63, 3.8) is 0 Å². The van der Waals surface area contributed by atoms with Gasteiger partial charge in [-0.05, 0) is 53.3 Å². The van der Waals surface area contributed by atoms with Gasteiger partial charge in [0.25, 0.3) is 0 Å². The minimum absolute atomic E-state index is 0.362. The van der Waals surface area contributed by atoms with Crippen LogP contribution in [0.2, 0.25) is 0 Å². The number of carbonyl (C=O) groups is 1. The van der Waals surface area contributed by atoms with E-state index in [1.54, 1.807) is 0 Å². The molecule has 1 amide bonds. The number of rotatable bonds is 10. The molecule has 0 radical (unpaired) electrons. The van der Waals surface area contributed by atoms with Gasteiger partial charge < -0.3 is 4.74 Å². The zero-order valence-corrected chi connectivity index (χ0v) is 15.0. The number of ether oxygens (including phenoxy) is 1. The van der Waals surface area contributed by atoms with Gasteiger partial charge in [0.2, 0.25) is 0 Å². The van der Waals surface area contributed by atoms with Gasteiger partial charge in [-0.15, -0.1) is 0 Å². The topological polar surface area (TPSA) is 38.3 Å². The first-order valence-electron chi connectivity index (χ1n) is 7.91. The van der Waals surface area contributed by atoms with Crippen molar-refractivity contribution in [2.75, 3.05) is 11.9 Å². The summed E-state index contributed by atoms with van der Waals surface area (Å²) in [5, 5.41) is 2.73. The van der Waals surface area contributed by atoms with Crippen molar-refractivity contribution in [3.05, 3.63) is 27.8 Å². The molecule has 1 rings (SSSR count). The van der Waals surface area contributed by atoms with Crippen LogP contribution in [0.25, 0.3) is 0 Å². The van der Waals surface area contributed by atoms with Crippen molar-refractivity contribution >= 4 is 34.4 Å². The number of anilines is 1. The lowest BCUT2D eigenvalue weighted by Crippen LogP contribution is -2.14. The van der Waals surface area contributed by atoms with E-state index in [1.165, 1.54) is 38.5 Å². The monoisotopic (exact) mass is 403 g/mol. The van der Waals surface area contributed by atoms with E-state index in [2.05, 4.69) is 34.8 Å². The number of benzene rings is 1. The van der Waals surface area contributed by atoms with Crippen molar-refractivity contribution in [1.82, 2.24) is 0 Å². The smallest absolute Gasteiger partial charge is 0.411 e. The molecule has 0 atom stereocenters. The summed E-state index contributed by atoms with van der Waals surface area (Å²) >= 11 is 2.23. The van der Waals surface area contributed by atoms with E-state index in [4.69, 9.17) is 4.74 Å². The standard InChI is InChI=1S/C17H26INO2/c1-2-3-4-5-6-7-8-9-14-21-17(20)19-16-12-10-15(18)11-13-16/h10-13H,2-9,14H2,1H3,(H,19,20). The van der Waals surface area contributed by atoms with Gasteiger partial charge in [-0.25, -0.2) is 4.79 Å². The van der Waals surface area contributed by atoms with Crippen LogP contribution < -0.4 is 5.32 Å². The molecule has 118 valence electrons. The summed E-state index contributed by atoms with van der Waals surface area (Å²) in [6, 6.07) is 7.65. The summed E-state index contributed by atoms with van der Waals surface area (Å²) in [6.07, 6.45) is 9.61. The molecule has 0 aliphatic carbocycles. The molecular weight excluding hydrogens is 377 g/mol. The maximum atomic E-state index is 11.6. The third kappa shape index (κ3) is 9.72. The minimum atomic E-state index is -0.362. The number of amides is 1. The van der Waals surface area contributed by atoms with Gasteiger partial charge in [0.05, 0.1) is 6.61 Å². The molecule has 0 aliphatic heterocycles. The lowest BCUT2D eigenvalue weighted by Gasteiger charge is -2.07. The van der Waals surface area contributed by atoms with Gasteiger partial charge in [-0.3, -0.25) is 5.32 Å². The molecule has 1 N–H and O–H groups in total. The maximum absolute atomic E-state index is 11.6. The highest BCUT2D eigenvalue weighted by Crippen LogP contribution is 2.12. The molecule has 0 aromatic heterocycles. The van der Waals surface area contributed by atoms with Crippen LogP contribution in [0.15, 0.2) is 24.3 Å². The first kappa shape index (κ1) is 18.3. The number of halogens is 1. The fraction of sp³-hybridized carbons (Fsp3) is 0.588. The fourth-order valence-corrected chi connectivity index (χ4v) is 2.45. The number of hydrogen-bond acceptors (Lipinski definition) is 2. The van der Waals surface area contributed by atoms with Gasteiger partial charge in [0.1, 0.15) is 0 Å². The van der Waals surface area contributed by atoms with Crippen LogP contribution in [0.3, 0.4) is 0 Å². The normalized spacial score (nSPS) is 10.4. The average Bonchev–Trinajstić information content (AvgIpc) is 2.48. The molecule has 0 saturated heterocycles. The van der Waals surface area contributed by atoms with Crippen molar-refractivity contribution in [3.8, 4) is 0 Å². The van der Waals surface area contributed by atoms with Crippen LogP contribution in [0.5, 0.6) is 0 Å². The second kappa shape index (κ2) is 11.8. The summed E-state index contributed by atoms with van der Waals surface area (Å²) in [5.74, 6) is 0. The Kier molecular flexibility index (Phi) is 10.3. The van der Waals surface area contributed by atoms with Crippen molar-refractivity contribution in [2.45, 2.75) is 58.3 Å². The van der Waals surface area contributed by atoms with Crippen molar-refractivity contribution in [2.24, 2.45) is 0 Å². The van der Waals surface area contributed by atoms with E-state index >= 15 is 0 Å². The SMILES string of the molecule is CCCCCCCCCCOC(=O)Nc1ccc(I)cc1. The van der Waals surface area contributed by atoms with Crippen LogP contribution in [-0.4, -0.2) is 12.7 Å². The molecule has 1 aromatic rings. The first-order valence-corrected chi connectivity index (χ1v) is 8.99. The third-order valence-corrected chi connectivity index (χ3v) is 4.04. The van der Waals surface area contributed by atoms with E-state index in [0.29, 0.717) is 6.61 Å². The highest BCUT2D eigenvalue weighted by atomic mass is 127. The minimum Gasteiger partial charge on any atom is -0.449 e. The Balaban J connectivity index is 1.97. The molecule has 0 aliphatic rings. The quantitative estimate of drug-likeness (QED) is 0.386. The van der Waals surface area contributed by atoms with Crippen molar-refractivity contribution in [1.29, 1.82) is 0 Å². The highest BCUT2D eigenvalue weighted by molar-refractivity contribution is 14.1. The largest absolute Gasteiger partial charge is 0.449 e.